The Labute approximate surface area is 90.2 Å². The van der Waals surface area contributed by atoms with Gasteiger partial charge in [-0.05, 0) is 6.07 Å². The summed E-state index contributed by atoms with van der Waals surface area (Å²) in [6.07, 6.45) is 0. The quantitative estimate of drug-likeness (QED) is 0.811. The van der Waals surface area contributed by atoms with Crippen LogP contribution in [0.3, 0.4) is 0 Å². The van der Waals surface area contributed by atoms with Crippen LogP contribution in [0.1, 0.15) is 10.4 Å². The highest BCUT2D eigenvalue weighted by atomic mass is 35.5. The Morgan fingerprint density at radius 1 is 1.60 bits per heavy atom. The number of benzene rings is 1. The van der Waals surface area contributed by atoms with E-state index in [1.54, 1.807) is 0 Å². The van der Waals surface area contributed by atoms with Gasteiger partial charge in [0.05, 0.1) is 0 Å². The van der Waals surface area contributed by atoms with Crippen molar-refractivity contribution in [2.24, 2.45) is 0 Å². The predicted octanol–water partition coefficient (Wildman–Crippen LogP) is 2.16. The molecule has 0 amide bonds. The molecule has 0 aliphatic rings. The van der Waals surface area contributed by atoms with Gasteiger partial charge in [0.25, 0.3) is 0 Å². The van der Waals surface area contributed by atoms with E-state index in [1.165, 1.54) is 13.2 Å². The van der Waals surface area contributed by atoms with E-state index in [-0.39, 0.29) is 17.6 Å². The topological polar surface area (TPSA) is 55.8 Å². The normalized spacial score (nSPS) is 10.1. The van der Waals surface area contributed by atoms with Crippen LogP contribution in [0.2, 0.25) is 5.02 Å². The van der Waals surface area contributed by atoms with Gasteiger partial charge in [0.1, 0.15) is 5.56 Å². The fraction of sp³-hybridized carbons (Fsp3) is 0.222. The lowest BCUT2D eigenvalue weighted by Gasteiger charge is -2.08. The van der Waals surface area contributed by atoms with E-state index in [0.29, 0.717) is 0 Å². The van der Waals surface area contributed by atoms with E-state index in [4.69, 9.17) is 21.4 Å². The zero-order valence-electron chi connectivity index (χ0n) is 7.79. The highest BCUT2D eigenvalue weighted by molar-refractivity contribution is 6.31. The molecule has 0 saturated heterocycles. The summed E-state index contributed by atoms with van der Waals surface area (Å²) in [5.74, 6) is -2.62. The van der Waals surface area contributed by atoms with Crippen LogP contribution in [0, 0.1) is 5.82 Å². The first kappa shape index (κ1) is 11.7. The fourth-order valence-corrected chi connectivity index (χ4v) is 1.16. The molecule has 0 radical (unpaired) electrons. The van der Waals surface area contributed by atoms with Gasteiger partial charge < -0.3 is 14.6 Å². The highest BCUT2D eigenvalue weighted by Crippen LogP contribution is 2.26. The van der Waals surface area contributed by atoms with Crippen LogP contribution < -0.4 is 4.74 Å². The molecule has 4 nitrogen and oxygen atoms in total. The van der Waals surface area contributed by atoms with Gasteiger partial charge in [-0.2, -0.15) is 0 Å². The Kier molecular flexibility index (Phi) is 3.88. The van der Waals surface area contributed by atoms with E-state index in [9.17, 15) is 9.18 Å². The number of methoxy groups -OCH3 is 1. The number of ether oxygens (including phenoxy) is 2. The molecule has 0 saturated carbocycles. The Morgan fingerprint density at radius 2 is 2.27 bits per heavy atom. The number of carbonyl (C=O) groups is 1. The van der Waals surface area contributed by atoms with Crippen LogP contribution in [0.4, 0.5) is 4.39 Å². The van der Waals surface area contributed by atoms with Crippen molar-refractivity contribution in [1.82, 2.24) is 0 Å². The molecule has 82 valence electrons. The molecule has 0 bridgehead atoms. The van der Waals surface area contributed by atoms with Crippen molar-refractivity contribution < 1.29 is 23.8 Å². The lowest BCUT2D eigenvalue weighted by atomic mass is 10.2. The first-order chi connectivity index (χ1) is 7.06. The van der Waals surface area contributed by atoms with Crippen LogP contribution in [0.5, 0.6) is 5.75 Å². The number of hydrogen-bond acceptors (Lipinski definition) is 3. The van der Waals surface area contributed by atoms with Crippen LogP contribution in [-0.4, -0.2) is 25.0 Å². The molecule has 0 aliphatic heterocycles. The lowest BCUT2D eigenvalue weighted by Crippen LogP contribution is -2.06. The van der Waals surface area contributed by atoms with Gasteiger partial charge in [0.2, 0.25) is 0 Å². The van der Waals surface area contributed by atoms with Gasteiger partial charge in [0, 0.05) is 18.2 Å². The van der Waals surface area contributed by atoms with Gasteiger partial charge in [-0.15, -0.1) is 0 Å². The standard InChI is InChI=1S/C9H8ClFO4/c1-14-4-15-7-3-5(10)2-6(8(7)11)9(12)13/h2-3H,4H2,1H3,(H,12,13). The Morgan fingerprint density at radius 3 is 2.80 bits per heavy atom. The molecule has 6 heteroatoms. The Hall–Kier alpha value is -1.33. The average Bonchev–Trinajstić information content (AvgIpc) is 2.18. The van der Waals surface area contributed by atoms with Gasteiger partial charge in [0.15, 0.2) is 18.4 Å². The average molecular weight is 235 g/mol. The Balaban J connectivity index is 3.10. The summed E-state index contributed by atoms with van der Waals surface area (Å²) < 4.78 is 22.8. The van der Waals surface area contributed by atoms with Gasteiger partial charge in [-0.1, -0.05) is 11.6 Å². The van der Waals surface area contributed by atoms with Crippen molar-refractivity contribution >= 4 is 17.6 Å². The summed E-state index contributed by atoms with van der Waals surface area (Å²) in [7, 11) is 1.36. The largest absolute Gasteiger partial charge is 0.478 e. The third kappa shape index (κ3) is 2.81. The van der Waals surface area contributed by atoms with Gasteiger partial charge in [-0.3, -0.25) is 0 Å². The third-order valence-corrected chi connectivity index (χ3v) is 1.78. The van der Waals surface area contributed by atoms with Crippen LogP contribution in [0.25, 0.3) is 0 Å². The minimum atomic E-state index is -1.41. The maximum atomic E-state index is 13.4. The monoisotopic (exact) mass is 234 g/mol. The second-order valence-corrected chi connectivity index (χ2v) is 3.06. The molecule has 0 spiro atoms. The molecule has 15 heavy (non-hydrogen) atoms. The molecular weight excluding hydrogens is 227 g/mol. The number of rotatable bonds is 4. The molecule has 1 aromatic rings. The van der Waals surface area contributed by atoms with Crippen LogP contribution in [0.15, 0.2) is 12.1 Å². The van der Waals surface area contributed by atoms with Crippen LogP contribution >= 0.6 is 11.6 Å². The van der Waals surface area contributed by atoms with Crippen molar-refractivity contribution in [3.8, 4) is 5.75 Å². The smallest absolute Gasteiger partial charge is 0.338 e. The van der Waals surface area contributed by atoms with E-state index in [1.807, 2.05) is 0 Å². The molecule has 0 aromatic heterocycles. The van der Waals surface area contributed by atoms with Crippen LogP contribution in [-0.2, 0) is 4.74 Å². The van der Waals surface area contributed by atoms with E-state index >= 15 is 0 Å². The number of hydrogen-bond donors (Lipinski definition) is 1. The highest BCUT2D eigenvalue weighted by Gasteiger charge is 2.16. The maximum absolute atomic E-state index is 13.4. The fourth-order valence-electron chi connectivity index (χ4n) is 0.947. The van der Waals surface area contributed by atoms with Gasteiger partial charge in [-0.25, -0.2) is 9.18 Å². The minimum Gasteiger partial charge on any atom is -0.478 e. The summed E-state index contributed by atoms with van der Waals surface area (Å²) in [4.78, 5) is 10.6. The van der Waals surface area contributed by atoms with E-state index in [0.717, 1.165) is 6.07 Å². The number of halogens is 2. The molecule has 0 heterocycles. The summed E-state index contributed by atoms with van der Waals surface area (Å²) in [5, 5.41) is 8.74. The van der Waals surface area contributed by atoms with Gasteiger partial charge >= 0.3 is 5.97 Å². The minimum absolute atomic E-state index is 0.0832. The lowest BCUT2D eigenvalue weighted by molar-refractivity contribution is 0.0476. The van der Waals surface area contributed by atoms with E-state index in [2.05, 4.69) is 4.74 Å². The second kappa shape index (κ2) is 4.95. The summed E-state index contributed by atoms with van der Waals surface area (Å²) in [5.41, 5.74) is -0.534. The molecule has 0 aliphatic carbocycles. The molecular formula is C9H8ClFO4. The molecule has 1 aromatic carbocycles. The molecule has 0 atom stereocenters. The first-order valence-corrected chi connectivity index (χ1v) is 4.28. The van der Waals surface area contributed by atoms with Crippen molar-refractivity contribution in [2.75, 3.05) is 13.9 Å². The second-order valence-electron chi connectivity index (χ2n) is 2.62. The maximum Gasteiger partial charge on any atom is 0.338 e. The first-order valence-electron chi connectivity index (χ1n) is 3.90. The zero-order chi connectivity index (χ0) is 11.4. The van der Waals surface area contributed by atoms with Crippen molar-refractivity contribution in [3.05, 3.63) is 28.5 Å². The van der Waals surface area contributed by atoms with Crippen molar-refractivity contribution in [2.45, 2.75) is 0 Å². The number of aromatic carboxylic acids is 1. The SMILES string of the molecule is COCOc1cc(Cl)cc(C(=O)O)c1F. The summed E-state index contributed by atoms with van der Waals surface area (Å²) in [6.45, 7) is -0.184. The number of carboxylic acid groups (broad SMARTS) is 1. The molecule has 0 fully saturated rings. The molecule has 0 unspecified atom stereocenters. The molecule has 1 rings (SSSR count). The molecule has 1 N–H and O–H groups in total. The summed E-state index contributed by atoms with van der Waals surface area (Å²) in [6, 6.07) is 2.20. The van der Waals surface area contributed by atoms with Crippen molar-refractivity contribution in [1.29, 1.82) is 0 Å². The predicted molar refractivity (Wildman–Crippen MR) is 50.9 cm³/mol. The van der Waals surface area contributed by atoms with E-state index < -0.39 is 17.3 Å². The number of carboxylic acids is 1. The van der Waals surface area contributed by atoms with Crippen molar-refractivity contribution in [3.63, 3.8) is 0 Å². The Bertz CT molecular complexity index is 381. The zero-order valence-corrected chi connectivity index (χ0v) is 8.55. The third-order valence-electron chi connectivity index (χ3n) is 1.57. The summed E-state index contributed by atoms with van der Waals surface area (Å²) >= 11 is 5.59.